The lowest BCUT2D eigenvalue weighted by Gasteiger charge is -2.55. The van der Waals surface area contributed by atoms with Gasteiger partial charge in [-0.2, -0.15) is 8.82 Å². The average Bonchev–Trinajstić information content (AvgIpc) is 3.02. The van der Waals surface area contributed by atoms with E-state index in [2.05, 4.69) is 25.2 Å². The zero-order chi connectivity index (χ0) is 17.9. The second-order valence-corrected chi connectivity index (χ2v) is 8.52. The summed E-state index contributed by atoms with van der Waals surface area (Å²) >= 11 is 0. The Bertz CT molecular complexity index is 1070. The zero-order valence-electron chi connectivity index (χ0n) is 14.1. The molecule has 9 nitrogen and oxygen atoms in total. The molecule has 0 amide bonds. The van der Waals surface area contributed by atoms with Crippen LogP contribution in [0.4, 0.5) is 5.82 Å². The van der Waals surface area contributed by atoms with E-state index in [4.69, 9.17) is 0 Å². The fourth-order valence-corrected chi connectivity index (χ4v) is 5.61. The van der Waals surface area contributed by atoms with Crippen molar-refractivity contribution in [2.24, 2.45) is 0 Å². The van der Waals surface area contributed by atoms with Gasteiger partial charge in [-0.05, 0) is 37.6 Å². The third-order valence-corrected chi connectivity index (χ3v) is 7.05. The highest BCUT2D eigenvalue weighted by molar-refractivity contribution is 7.89. The zero-order valence-corrected chi connectivity index (χ0v) is 14.9. The first-order valence-corrected chi connectivity index (χ1v) is 9.85. The number of hydrogen-bond donors (Lipinski definition) is 0. The molecule has 3 aromatic heterocycles. The molecule has 3 fully saturated rings. The number of piperidine rings is 1. The lowest BCUT2D eigenvalue weighted by molar-refractivity contribution is 0.0873. The Kier molecular flexibility index (Phi) is 3.28. The van der Waals surface area contributed by atoms with Gasteiger partial charge in [-0.1, -0.05) is 0 Å². The molecule has 3 aromatic rings. The van der Waals surface area contributed by atoms with Gasteiger partial charge in [0.05, 0.1) is 0 Å². The maximum Gasteiger partial charge on any atom is 0.245 e. The first-order chi connectivity index (χ1) is 12.5. The molecule has 26 heavy (non-hydrogen) atoms. The average molecular weight is 371 g/mol. The van der Waals surface area contributed by atoms with Crippen LogP contribution in [-0.4, -0.2) is 62.7 Å². The third kappa shape index (κ3) is 2.22. The van der Waals surface area contributed by atoms with E-state index in [1.54, 1.807) is 27.2 Å². The molecule has 0 aliphatic carbocycles. The highest BCUT2D eigenvalue weighted by Crippen LogP contribution is 2.38. The maximum atomic E-state index is 12.9. The summed E-state index contributed by atoms with van der Waals surface area (Å²) < 4.78 is 29.1. The molecule has 6 rings (SSSR count). The van der Waals surface area contributed by atoms with Crippen LogP contribution >= 0.6 is 0 Å². The molecule has 0 radical (unpaired) electrons. The normalized spacial score (nSPS) is 23.2. The minimum absolute atomic E-state index is 0.0431. The largest absolute Gasteiger partial charge is 0.352 e. The quantitative estimate of drug-likeness (QED) is 0.660. The molecule has 2 unspecified atom stereocenters. The second kappa shape index (κ2) is 5.45. The summed E-state index contributed by atoms with van der Waals surface area (Å²) in [5, 5.41) is 12.7. The molecule has 0 saturated carbocycles. The molecule has 0 N–H and O–H groups in total. The molecule has 3 aliphatic rings. The van der Waals surface area contributed by atoms with E-state index in [1.165, 1.54) is 6.20 Å². The minimum Gasteiger partial charge on any atom is -0.352 e. The number of pyridine rings is 1. The van der Waals surface area contributed by atoms with E-state index < -0.39 is 10.0 Å². The number of rotatable bonds is 3. The number of sulfonamides is 1. The number of aromatic nitrogens is 5. The molecule has 3 saturated heterocycles. The molecule has 6 heterocycles. The summed E-state index contributed by atoms with van der Waals surface area (Å²) in [7, 11) is -3.50. The first-order valence-electron chi connectivity index (χ1n) is 8.41. The van der Waals surface area contributed by atoms with Crippen molar-refractivity contribution in [3.05, 3.63) is 42.5 Å². The molecule has 10 heteroatoms. The van der Waals surface area contributed by atoms with Crippen molar-refractivity contribution in [3.63, 3.8) is 0 Å². The van der Waals surface area contributed by atoms with Gasteiger partial charge < -0.3 is 4.90 Å². The minimum atomic E-state index is -3.50. The number of anilines is 1. The Hall–Kier alpha value is -2.59. The van der Waals surface area contributed by atoms with Crippen LogP contribution in [-0.2, 0) is 10.0 Å². The van der Waals surface area contributed by atoms with E-state index in [0.29, 0.717) is 18.7 Å². The van der Waals surface area contributed by atoms with Gasteiger partial charge in [0.2, 0.25) is 10.0 Å². The summed E-state index contributed by atoms with van der Waals surface area (Å²) in [6.45, 7) is 3.10. The molecule has 0 spiro atoms. The van der Waals surface area contributed by atoms with Crippen LogP contribution in [0.2, 0.25) is 0 Å². The first kappa shape index (κ1) is 15.6. The van der Waals surface area contributed by atoms with Crippen molar-refractivity contribution < 1.29 is 8.42 Å². The van der Waals surface area contributed by atoms with Gasteiger partial charge in [0.25, 0.3) is 0 Å². The van der Waals surface area contributed by atoms with Gasteiger partial charge in [0.15, 0.2) is 11.5 Å². The topological polar surface area (TPSA) is 96.6 Å². The Morgan fingerprint density at radius 2 is 1.92 bits per heavy atom. The number of aryl methyl sites for hydroxylation is 1. The third-order valence-electron chi connectivity index (χ3n) is 5.06. The van der Waals surface area contributed by atoms with Gasteiger partial charge in [0, 0.05) is 37.6 Å². The monoisotopic (exact) mass is 371 g/mol. The highest BCUT2D eigenvalue weighted by Gasteiger charge is 2.51. The summed E-state index contributed by atoms with van der Waals surface area (Å²) in [4.78, 5) is 6.32. The fourth-order valence-electron chi connectivity index (χ4n) is 3.83. The Morgan fingerprint density at radius 1 is 1.12 bits per heavy atom. The predicted molar refractivity (Wildman–Crippen MR) is 93.2 cm³/mol. The smallest absolute Gasteiger partial charge is 0.245 e. The molecule has 2 atom stereocenters. The summed E-state index contributed by atoms with van der Waals surface area (Å²) in [5.74, 6) is 1.54. The van der Waals surface area contributed by atoms with Gasteiger partial charge in [-0.3, -0.25) is 4.98 Å². The summed E-state index contributed by atoms with van der Waals surface area (Å²) in [5.41, 5.74) is 0.703. The summed E-state index contributed by atoms with van der Waals surface area (Å²) in [6.07, 6.45) is 3.86. The van der Waals surface area contributed by atoms with Crippen LogP contribution in [0.5, 0.6) is 0 Å². The molecule has 134 valence electrons. The highest BCUT2D eigenvalue weighted by atomic mass is 32.2. The number of piperazine rings is 1. The van der Waals surface area contributed by atoms with Crippen LogP contribution in [0, 0.1) is 6.92 Å². The number of hydrogen-bond acceptors (Lipinski definition) is 7. The molecular formula is C16H17N7O2S. The maximum absolute atomic E-state index is 12.9. The lowest BCUT2D eigenvalue weighted by atomic mass is 9.91. The molecule has 0 aromatic carbocycles. The second-order valence-electron chi connectivity index (χ2n) is 6.68. The number of nitrogens with zero attached hydrogens (tertiary/aromatic N) is 7. The van der Waals surface area contributed by atoms with Gasteiger partial charge in [-0.15, -0.1) is 15.3 Å². The van der Waals surface area contributed by atoms with E-state index in [1.807, 2.05) is 19.1 Å². The van der Waals surface area contributed by atoms with Crippen LogP contribution in [0.15, 0.2) is 41.6 Å². The van der Waals surface area contributed by atoms with Crippen molar-refractivity contribution >= 4 is 21.5 Å². The van der Waals surface area contributed by atoms with E-state index in [-0.39, 0.29) is 17.0 Å². The van der Waals surface area contributed by atoms with Crippen molar-refractivity contribution in [2.75, 3.05) is 18.0 Å². The van der Waals surface area contributed by atoms with Crippen LogP contribution < -0.4 is 4.90 Å². The standard InChI is InChI=1S/C16H17N7O2S/c1-11-18-19-15-4-5-16(20-22(11)15)21-9-12-7-13(10-21)23(12)26(24,25)14-3-2-6-17-8-14/h2-6,8,12-13H,7,9-10H2,1H3. The van der Waals surface area contributed by atoms with E-state index in [0.717, 1.165) is 18.1 Å². The lowest BCUT2D eigenvalue weighted by Crippen LogP contribution is -2.70. The van der Waals surface area contributed by atoms with Gasteiger partial charge in [-0.25, -0.2) is 8.42 Å². The number of fused-ring (bicyclic) bond motifs is 3. The van der Waals surface area contributed by atoms with Crippen LogP contribution in [0.3, 0.4) is 0 Å². The molecule has 3 aliphatic heterocycles. The van der Waals surface area contributed by atoms with Crippen LogP contribution in [0.25, 0.3) is 5.65 Å². The predicted octanol–water partition coefficient (Wildman–Crippen LogP) is 0.480. The van der Waals surface area contributed by atoms with Crippen molar-refractivity contribution in [1.82, 2.24) is 29.1 Å². The van der Waals surface area contributed by atoms with Crippen molar-refractivity contribution in [3.8, 4) is 0 Å². The Labute approximate surface area is 150 Å². The Morgan fingerprint density at radius 3 is 2.65 bits per heavy atom. The Balaban J connectivity index is 1.41. The van der Waals surface area contributed by atoms with Gasteiger partial charge >= 0.3 is 0 Å². The SMILES string of the molecule is Cc1nnc2ccc(N3CC4CC(C3)N4S(=O)(=O)c3cccnc3)nn12. The van der Waals surface area contributed by atoms with Gasteiger partial charge in [0.1, 0.15) is 10.7 Å². The van der Waals surface area contributed by atoms with E-state index in [9.17, 15) is 8.42 Å². The van der Waals surface area contributed by atoms with E-state index >= 15 is 0 Å². The van der Waals surface area contributed by atoms with Crippen LogP contribution in [0.1, 0.15) is 12.2 Å². The fraction of sp³-hybridized carbons (Fsp3) is 0.375. The molecule has 2 bridgehead atoms. The van der Waals surface area contributed by atoms with Crippen molar-refractivity contribution in [1.29, 1.82) is 0 Å². The summed E-state index contributed by atoms with van der Waals surface area (Å²) in [6, 6.07) is 6.95. The van der Waals surface area contributed by atoms with Crippen molar-refractivity contribution in [2.45, 2.75) is 30.3 Å². The molecular weight excluding hydrogens is 354 g/mol.